The van der Waals surface area contributed by atoms with Crippen LogP contribution in [0.25, 0.3) is 22.5 Å². The first-order valence-electron chi connectivity index (χ1n) is 21.3. The van der Waals surface area contributed by atoms with Gasteiger partial charge in [0.15, 0.2) is 5.82 Å². The summed E-state index contributed by atoms with van der Waals surface area (Å²) < 4.78 is 18.0. The second-order valence-corrected chi connectivity index (χ2v) is 15.6. The van der Waals surface area contributed by atoms with Crippen LogP contribution < -0.4 is 52.7 Å². The molecule has 0 fully saturated rings. The van der Waals surface area contributed by atoms with Crippen molar-refractivity contribution in [2.24, 2.45) is 17.2 Å². The van der Waals surface area contributed by atoms with Crippen molar-refractivity contribution in [2.45, 2.75) is 70.8 Å². The molecule has 4 aromatic rings. The second-order valence-electron chi connectivity index (χ2n) is 15.6. The van der Waals surface area contributed by atoms with E-state index in [2.05, 4.69) is 31.2 Å². The van der Waals surface area contributed by atoms with E-state index in [0.29, 0.717) is 56.6 Å². The highest BCUT2D eigenvalue weighted by molar-refractivity contribution is 6.00. The third-order valence-corrected chi connectivity index (χ3v) is 10.3. The molecule has 4 bridgehead atoms. The minimum Gasteiger partial charge on any atom is -0.492 e. The van der Waals surface area contributed by atoms with Crippen LogP contribution in [-0.2, 0) is 25.6 Å². The van der Waals surface area contributed by atoms with Crippen LogP contribution in [0.2, 0.25) is 0 Å². The lowest BCUT2D eigenvalue weighted by atomic mass is 9.93. The molecule has 19 heteroatoms. The van der Waals surface area contributed by atoms with E-state index < -0.39 is 53.7 Å². The van der Waals surface area contributed by atoms with E-state index >= 15 is 0 Å². The molecule has 4 atom stereocenters. The molecular formula is C46H57N11O8. The molecule has 0 saturated carbocycles. The third kappa shape index (κ3) is 12.5. The largest absolute Gasteiger partial charge is 0.492 e. The normalized spacial score (nSPS) is 16.5. The van der Waals surface area contributed by atoms with Crippen LogP contribution in [0.5, 0.6) is 17.2 Å². The van der Waals surface area contributed by atoms with Crippen molar-refractivity contribution in [3.8, 4) is 45.8 Å². The van der Waals surface area contributed by atoms with Gasteiger partial charge in [0.1, 0.15) is 61.2 Å². The Hall–Kier alpha value is -7.14. The van der Waals surface area contributed by atoms with E-state index in [1.165, 1.54) is 25.1 Å². The number of ether oxygens (including phenoxy) is 3. The van der Waals surface area contributed by atoms with Crippen molar-refractivity contribution in [3.63, 3.8) is 0 Å². The Morgan fingerprint density at radius 2 is 1.63 bits per heavy atom. The summed E-state index contributed by atoms with van der Waals surface area (Å²) in [6.45, 7) is 7.26. The van der Waals surface area contributed by atoms with Gasteiger partial charge in [-0.2, -0.15) is 5.26 Å². The van der Waals surface area contributed by atoms with Crippen molar-refractivity contribution in [1.29, 1.82) is 5.26 Å². The number of fused-ring (bicyclic) bond motifs is 5. The van der Waals surface area contributed by atoms with Gasteiger partial charge >= 0.3 is 0 Å². The lowest BCUT2D eigenvalue weighted by molar-refractivity contribution is -0.141. The highest BCUT2D eigenvalue weighted by atomic mass is 16.5. The Morgan fingerprint density at radius 3 is 2.28 bits per heavy atom. The first-order valence-corrected chi connectivity index (χ1v) is 21.3. The van der Waals surface area contributed by atoms with Crippen molar-refractivity contribution in [1.82, 2.24) is 36.1 Å². The maximum absolute atomic E-state index is 14.6. The summed E-state index contributed by atoms with van der Waals surface area (Å²) in [6, 6.07) is 14.2. The summed E-state index contributed by atoms with van der Waals surface area (Å²) in [4.78, 5) is 80.3. The van der Waals surface area contributed by atoms with Gasteiger partial charge in [-0.05, 0) is 88.2 Å². The standard InChI is InChI=1S/C46H57N11O8/c1-26(2)65-32-8-6-7-31(23-32)41-52-25-35(27(3)53-41)43(59)55-36(13-14-47)46(62)57(5)40-30-10-12-39(64-20-17-50)34(24-30)33-21-29(9-11-38(33)63-19-16-49)22-37(44(60)51-18-15-48)56-42(58)28(4)54-45(40)61/h6-12,21,23-26,28,36-37,40H,13-14,16-20,22,47,49-50H2,1-5H3,(H,51,60)(H,54,61)(H,55,59)(H,56,58). The highest BCUT2D eigenvalue weighted by Crippen LogP contribution is 2.40. The fourth-order valence-corrected chi connectivity index (χ4v) is 7.18. The average molecular weight is 892 g/mol. The summed E-state index contributed by atoms with van der Waals surface area (Å²) in [5, 5.41) is 19.8. The van der Waals surface area contributed by atoms with E-state index in [4.69, 9.17) is 36.7 Å². The van der Waals surface area contributed by atoms with Crippen molar-refractivity contribution < 1.29 is 38.2 Å². The molecule has 0 aliphatic carbocycles. The van der Waals surface area contributed by atoms with E-state index in [0.717, 1.165) is 0 Å². The number of nitrogens with two attached hydrogens (primary N) is 3. The number of aryl methyl sites for hydroxylation is 1. The van der Waals surface area contributed by atoms with E-state index in [1.807, 2.05) is 38.1 Å². The molecule has 2 heterocycles. The minimum atomic E-state index is -1.41. The molecule has 5 amide bonds. The van der Waals surface area contributed by atoms with Gasteiger partial charge in [-0.1, -0.05) is 24.3 Å². The number of hydrogen-bond donors (Lipinski definition) is 7. The fraction of sp³-hybridized carbons (Fsp3) is 0.391. The smallest absolute Gasteiger partial charge is 0.255 e. The van der Waals surface area contributed by atoms with E-state index in [-0.39, 0.29) is 63.9 Å². The number of likely N-dealkylation sites (N-methyl/N-ethyl adjacent to an activating group) is 1. The molecule has 19 nitrogen and oxygen atoms in total. The predicted molar refractivity (Wildman–Crippen MR) is 241 cm³/mol. The molecule has 1 aliphatic rings. The maximum atomic E-state index is 14.6. The van der Waals surface area contributed by atoms with Crippen LogP contribution in [0.4, 0.5) is 0 Å². The van der Waals surface area contributed by atoms with Crippen molar-refractivity contribution >= 4 is 29.5 Å². The molecule has 4 unspecified atom stereocenters. The Balaban J connectivity index is 1.56. The van der Waals surface area contributed by atoms with E-state index in [9.17, 15) is 24.0 Å². The third-order valence-electron chi connectivity index (χ3n) is 10.3. The van der Waals surface area contributed by atoms with Crippen LogP contribution in [0.15, 0.2) is 66.9 Å². The van der Waals surface area contributed by atoms with Gasteiger partial charge in [-0.3, -0.25) is 24.0 Å². The average Bonchev–Trinajstić information content (AvgIpc) is 3.28. The Kier molecular flexibility index (Phi) is 17.3. The SMILES string of the molecule is Cc1nc(-c2cccc(OC(C)C)c2)ncc1C(=O)NC(CCN)C(=O)N(C)C1C(=O)NC(C)C(=O)NC(C(=O)NCC#N)Cc2ccc(OCCN)c(c2)-c2cc1ccc2OCCN. The first-order chi connectivity index (χ1) is 31.2. The minimum absolute atomic E-state index is 0.00182. The zero-order chi connectivity index (χ0) is 47.2. The van der Waals surface area contributed by atoms with Gasteiger partial charge < -0.3 is 57.6 Å². The molecule has 1 aromatic heterocycles. The molecule has 65 heavy (non-hydrogen) atoms. The topological polar surface area (TPSA) is 292 Å². The lowest BCUT2D eigenvalue weighted by Gasteiger charge is -2.32. The molecule has 0 spiro atoms. The fourth-order valence-electron chi connectivity index (χ4n) is 7.18. The molecule has 5 rings (SSSR count). The van der Waals surface area contributed by atoms with Gasteiger partial charge in [-0.15, -0.1) is 0 Å². The van der Waals surface area contributed by atoms with Crippen LogP contribution in [-0.4, -0.2) is 115 Å². The molecule has 3 aromatic carbocycles. The monoisotopic (exact) mass is 891 g/mol. The zero-order valence-corrected chi connectivity index (χ0v) is 37.2. The van der Waals surface area contributed by atoms with Crippen molar-refractivity contribution in [2.75, 3.05) is 46.4 Å². The number of benzene rings is 3. The highest BCUT2D eigenvalue weighted by Gasteiger charge is 2.36. The second kappa shape index (κ2) is 23.0. The Labute approximate surface area is 377 Å². The van der Waals surface area contributed by atoms with Gasteiger partial charge in [0, 0.05) is 49.4 Å². The number of nitriles is 1. The number of carbonyl (C=O) groups is 5. The first kappa shape index (κ1) is 48.9. The summed E-state index contributed by atoms with van der Waals surface area (Å²) in [7, 11) is 1.40. The van der Waals surface area contributed by atoms with Gasteiger partial charge in [0.2, 0.25) is 23.6 Å². The molecule has 10 N–H and O–H groups in total. The molecule has 1 aliphatic heterocycles. The quantitative estimate of drug-likeness (QED) is 0.0739. The lowest BCUT2D eigenvalue weighted by Crippen LogP contribution is -2.56. The molecule has 0 radical (unpaired) electrons. The summed E-state index contributed by atoms with van der Waals surface area (Å²) in [5.74, 6) is -1.65. The van der Waals surface area contributed by atoms with E-state index in [1.54, 1.807) is 49.4 Å². The number of nitrogens with zero attached hydrogens (tertiary/aromatic N) is 4. The van der Waals surface area contributed by atoms with Gasteiger partial charge in [0.05, 0.1) is 23.4 Å². The Morgan fingerprint density at radius 1 is 0.938 bits per heavy atom. The number of rotatable bonds is 17. The zero-order valence-electron chi connectivity index (χ0n) is 37.2. The Bertz CT molecular complexity index is 2400. The van der Waals surface area contributed by atoms with Crippen LogP contribution in [0.1, 0.15) is 60.4 Å². The van der Waals surface area contributed by atoms with Gasteiger partial charge in [0.25, 0.3) is 5.91 Å². The summed E-state index contributed by atoms with van der Waals surface area (Å²) >= 11 is 0. The number of carbonyl (C=O) groups excluding carboxylic acids is 5. The predicted octanol–water partition coefficient (Wildman–Crippen LogP) is 1.41. The summed E-state index contributed by atoms with van der Waals surface area (Å²) in [5.41, 5.74) is 20.6. The number of amides is 5. The maximum Gasteiger partial charge on any atom is 0.255 e. The number of nitrogens with one attached hydrogen (secondary N) is 4. The molecule has 0 saturated heterocycles. The number of aromatic nitrogens is 2. The van der Waals surface area contributed by atoms with Crippen molar-refractivity contribution in [3.05, 3.63) is 89.2 Å². The van der Waals surface area contributed by atoms with Crippen LogP contribution >= 0.6 is 0 Å². The molecule has 344 valence electrons. The van der Waals surface area contributed by atoms with Gasteiger partial charge in [-0.25, -0.2) is 9.97 Å². The summed E-state index contributed by atoms with van der Waals surface area (Å²) in [6.07, 6.45) is 1.32. The van der Waals surface area contributed by atoms with Crippen LogP contribution in [0, 0.1) is 18.3 Å². The number of hydrogen-bond acceptors (Lipinski definition) is 14. The molecular weight excluding hydrogens is 835 g/mol. The van der Waals surface area contributed by atoms with Crippen LogP contribution in [0.3, 0.4) is 0 Å².